The summed E-state index contributed by atoms with van der Waals surface area (Å²) in [6.07, 6.45) is 3.72. The lowest BCUT2D eigenvalue weighted by molar-refractivity contribution is 0.0601. The van der Waals surface area contributed by atoms with Crippen molar-refractivity contribution < 1.29 is 14.3 Å². The number of ether oxygens (including phenoxy) is 1. The van der Waals surface area contributed by atoms with Gasteiger partial charge in [-0.3, -0.25) is 4.79 Å². The number of hydrogen-bond acceptors (Lipinski definition) is 4. The third-order valence-electron chi connectivity index (χ3n) is 5.54. The number of hydrogen-bond donors (Lipinski definition) is 0. The highest BCUT2D eigenvalue weighted by Crippen LogP contribution is 2.29. The SMILES string of the molecule is COC(=O)c1ccc(-n2ccc(C(=O)N3Cc4cccn4Cc4ccccc43)n2)cc1Cl. The van der Waals surface area contributed by atoms with Crippen molar-refractivity contribution in [3.8, 4) is 5.69 Å². The molecule has 0 aliphatic carbocycles. The van der Waals surface area contributed by atoms with Crippen molar-refractivity contribution in [1.29, 1.82) is 0 Å². The van der Waals surface area contributed by atoms with Gasteiger partial charge in [0.1, 0.15) is 0 Å². The van der Waals surface area contributed by atoms with E-state index in [-0.39, 0.29) is 16.5 Å². The number of rotatable bonds is 3. The maximum absolute atomic E-state index is 13.5. The van der Waals surface area contributed by atoms with Gasteiger partial charge in [-0.05, 0) is 48.0 Å². The highest BCUT2D eigenvalue weighted by Gasteiger charge is 2.26. The number of esters is 1. The molecular formula is C24H19ClN4O3. The molecule has 32 heavy (non-hydrogen) atoms. The van der Waals surface area contributed by atoms with Crippen molar-refractivity contribution in [1.82, 2.24) is 14.3 Å². The van der Waals surface area contributed by atoms with Crippen LogP contribution in [-0.2, 0) is 17.8 Å². The fourth-order valence-corrected chi connectivity index (χ4v) is 4.16. The average molecular weight is 447 g/mol. The van der Waals surface area contributed by atoms with Crippen LogP contribution in [0.1, 0.15) is 32.1 Å². The first-order chi connectivity index (χ1) is 15.5. The Morgan fingerprint density at radius 2 is 1.84 bits per heavy atom. The zero-order valence-corrected chi connectivity index (χ0v) is 18.0. The van der Waals surface area contributed by atoms with Gasteiger partial charge in [-0.1, -0.05) is 29.8 Å². The Balaban J connectivity index is 1.48. The fourth-order valence-electron chi connectivity index (χ4n) is 3.91. The molecule has 0 N–H and O–H groups in total. The number of nitrogens with zero attached hydrogens (tertiary/aromatic N) is 4. The second-order valence-corrected chi connectivity index (χ2v) is 7.86. The third kappa shape index (κ3) is 3.46. The highest BCUT2D eigenvalue weighted by molar-refractivity contribution is 6.33. The van der Waals surface area contributed by atoms with E-state index in [9.17, 15) is 9.59 Å². The Morgan fingerprint density at radius 1 is 1.00 bits per heavy atom. The quantitative estimate of drug-likeness (QED) is 0.439. The largest absolute Gasteiger partial charge is 0.465 e. The molecule has 0 bridgehead atoms. The van der Waals surface area contributed by atoms with Crippen LogP contribution in [0.3, 0.4) is 0 Å². The van der Waals surface area contributed by atoms with Crippen LogP contribution >= 0.6 is 11.6 Å². The van der Waals surface area contributed by atoms with Crippen LogP contribution in [0.2, 0.25) is 5.02 Å². The van der Waals surface area contributed by atoms with Gasteiger partial charge < -0.3 is 14.2 Å². The van der Waals surface area contributed by atoms with Crippen LogP contribution in [0.4, 0.5) is 5.69 Å². The molecule has 1 aliphatic rings. The number of fused-ring (bicyclic) bond motifs is 2. The Morgan fingerprint density at radius 3 is 2.66 bits per heavy atom. The summed E-state index contributed by atoms with van der Waals surface area (Å²) in [5.41, 5.74) is 4.21. The molecule has 0 spiro atoms. The van der Waals surface area contributed by atoms with E-state index in [0.717, 1.165) is 16.9 Å². The second kappa shape index (κ2) is 8.01. The minimum Gasteiger partial charge on any atom is -0.465 e. The summed E-state index contributed by atoms with van der Waals surface area (Å²) in [6, 6.07) is 18.5. The Kier molecular flexibility index (Phi) is 5.03. The number of aromatic nitrogens is 3. The summed E-state index contributed by atoms with van der Waals surface area (Å²) in [7, 11) is 1.30. The van der Waals surface area contributed by atoms with Crippen LogP contribution in [0.15, 0.2) is 73.1 Å². The first-order valence-electron chi connectivity index (χ1n) is 10.0. The molecular weight excluding hydrogens is 428 g/mol. The van der Waals surface area contributed by atoms with Crippen molar-refractivity contribution in [2.75, 3.05) is 12.0 Å². The zero-order valence-electron chi connectivity index (χ0n) is 17.2. The van der Waals surface area contributed by atoms with Gasteiger partial charge in [0, 0.05) is 30.3 Å². The number of para-hydroxylation sites is 1. The third-order valence-corrected chi connectivity index (χ3v) is 5.86. The number of benzene rings is 2. The van der Waals surface area contributed by atoms with Crippen molar-refractivity contribution in [2.45, 2.75) is 13.1 Å². The predicted octanol–water partition coefficient (Wildman–Crippen LogP) is 4.32. The van der Waals surface area contributed by atoms with Crippen LogP contribution < -0.4 is 4.90 Å². The van der Waals surface area contributed by atoms with Crippen LogP contribution in [0.5, 0.6) is 0 Å². The Bertz CT molecular complexity index is 1340. The smallest absolute Gasteiger partial charge is 0.339 e. The van der Waals surface area contributed by atoms with E-state index in [1.165, 1.54) is 7.11 Å². The predicted molar refractivity (Wildman–Crippen MR) is 120 cm³/mol. The molecule has 0 unspecified atom stereocenters. The maximum Gasteiger partial charge on any atom is 0.339 e. The van der Waals surface area contributed by atoms with Crippen molar-refractivity contribution >= 4 is 29.2 Å². The van der Waals surface area contributed by atoms with Crippen molar-refractivity contribution in [2.24, 2.45) is 0 Å². The molecule has 5 rings (SSSR count). The van der Waals surface area contributed by atoms with Crippen LogP contribution in [0.25, 0.3) is 5.69 Å². The molecule has 7 nitrogen and oxygen atoms in total. The van der Waals surface area contributed by atoms with Gasteiger partial charge in [-0.25, -0.2) is 9.48 Å². The molecule has 0 fully saturated rings. The average Bonchev–Trinajstić information content (AvgIpc) is 3.44. The van der Waals surface area contributed by atoms with E-state index in [4.69, 9.17) is 16.3 Å². The summed E-state index contributed by atoms with van der Waals surface area (Å²) in [5, 5.41) is 4.73. The molecule has 0 atom stereocenters. The monoisotopic (exact) mass is 446 g/mol. The summed E-state index contributed by atoms with van der Waals surface area (Å²) in [6.45, 7) is 1.16. The van der Waals surface area contributed by atoms with E-state index < -0.39 is 5.97 Å². The first-order valence-corrected chi connectivity index (χ1v) is 10.4. The lowest BCUT2D eigenvalue weighted by atomic mass is 10.1. The van der Waals surface area contributed by atoms with Crippen molar-refractivity contribution in [3.05, 3.63) is 101 Å². The second-order valence-electron chi connectivity index (χ2n) is 7.45. The van der Waals surface area contributed by atoms with Gasteiger partial charge in [-0.2, -0.15) is 5.10 Å². The van der Waals surface area contributed by atoms with Crippen LogP contribution in [-0.4, -0.2) is 33.3 Å². The summed E-state index contributed by atoms with van der Waals surface area (Å²) >= 11 is 6.24. The van der Waals surface area contributed by atoms with E-state index in [2.05, 4.69) is 9.67 Å². The van der Waals surface area contributed by atoms with Gasteiger partial charge >= 0.3 is 5.97 Å². The standard InChI is InChI=1S/C24H19ClN4O3/c1-32-24(31)19-9-8-17(13-20(19)25)29-12-10-21(26-29)23(30)28-15-18-6-4-11-27(18)14-16-5-2-3-7-22(16)28/h2-13H,14-15H2,1H3. The number of carbonyl (C=O) groups is 2. The summed E-state index contributed by atoms with van der Waals surface area (Å²) in [4.78, 5) is 27.0. The number of amides is 1. The van der Waals surface area contributed by atoms with E-state index in [1.807, 2.05) is 42.6 Å². The number of methoxy groups -OCH3 is 1. The molecule has 1 amide bonds. The molecule has 0 saturated carbocycles. The van der Waals surface area contributed by atoms with E-state index in [1.54, 1.807) is 40.0 Å². The fraction of sp³-hybridized carbons (Fsp3) is 0.125. The van der Waals surface area contributed by atoms with E-state index in [0.29, 0.717) is 24.5 Å². The lowest BCUT2D eigenvalue weighted by Crippen LogP contribution is -2.31. The van der Waals surface area contributed by atoms with Gasteiger partial charge in [0.25, 0.3) is 5.91 Å². The molecule has 1 aliphatic heterocycles. The normalized spacial score (nSPS) is 12.6. The van der Waals surface area contributed by atoms with Crippen molar-refractivity contribution in [3.63, 3.8) is 0 Å². The number of anilines is 1. The van der Waals surface area contributed by atoms with E-state index >= 15 is 0 Å². The zero-order chi connectivity index (χ0) is 22.2. The first kappa shape index (κ1) is 20.1. The highest BCUT2D eigenvalue weighted by atomic mass is 35.5. The van der Waals surface area contributed by atoms with Gasteiger partial charge in [0.05, 0.1) is 29.9 Å². The molecule has 8 heteroatoms. The minimum absolute atomic E-state index is 0.192. The Hall–Kier alpha value is -3.84. The summed E-state index contributed by atoms with van der Waals surface area (Å²) < 4.78 is 8.44. The topological polar surface area (TPSA) is 69.4 Å². The maximum atomic E-state index is 13.5. The molecule has 2 aromatic heterocycles. The Labute approximate surface area is 189 Å². The molecule has 4 aromatic rings. The number of halogens is 1. The lowest BCUT2D eigenvalue weighted by Gasteiger charge is -2.21. The number of carbonyl (C=O) groups excluding carboxylic acids is 2. The molecule has 0 saturated heterocycles. The molecule has 2 aromatic carbocycles. The van der Waals surface area contributed by atoms with Gasteiger partial charge in [0.2, 0.25) is 0 Å². The molecule has 0 radical (unpaired) electrons. The molecule has 160 valence electrons. The minimum atomic E-state index is -0.512. The molecule has 3 heterocycles. The van der Waals surface area contributed by atoms with Gasteiger partial charge in [-0.15, -0.1) is 0 Å². The van der Waals surface area contributed by atoms with Gasteiger partial charge in [0.15, 0.2) is 5.69 Å². The summed E-state index contributed by atoms with van der Waals surface area (Å²) in [5.74, 6) is -0.703. The van der Waals surface area contributed by atoms with Crippen LogP contribution in [0, 0.1) is 0 Å².